The number of amidine groups is 1. The molecule has 1 saturated heterocycles. The number of carbonyl (C=O) groups excluding carboxylic acids is 1. The van der Waals surface area contributed by atoms with E-state index < -0.39 is 0 Å². The number of hydrogen-bond donors (Lipinski definition) is 0. The standard InChI is InChI=1S/C27H24N2O4S/c1-18-3-8-21(9-4-18)29-26(30)25(16-20-7-12-23-24(15-20)33-14-13-32-23)34-27(29)28-17-19-5-10-22(31-2)11-6-19/h3-12,15-16H,13-14,17H2,1-2H3/b25-16-,28-27?. The van der Waals surface area contributed by atoms with E-state index in [2.05, 4.69) is 0 Å². The molecule has 6 nitrogen and oxygen atoms in total. The Bertz CT molecular complexity index is 1270. The number of nitrogens with zero attached hydrogens (tertiary/aromatic N) is 2. The van der Waals surface area contributed by atoms with E-state index in [4.69, 9.17) is 19.2 Å². The van der Waals surface area contributed by atoms with Gasteiger partial charge in [0, 0.05) is 0 Å². The summed E-state index contributed by atoms with van der Waals surface area (Å²) in [5, 5.41) is 0.647. The molecule has 5 rings (SSSR count). The minimum absolute atomic E-state index is 0.0998. The summed E-state index contributed by atoms with van der Waals surface area (Å²) in [5.41, 5.74) is 3.84. The Kier molecular flexibility index (Phi) is 6.27. The number of fused-ring (bicyclic) bond motifs is 1. The summed E-state index contributed by atoms with van der Waals surface area (Å²) in [6, 6.07) is 21.4. The Morgan fingerprint density at radius 2 is 1.74 bits per heavy atom. The average molecular weight is 473 g/mol. The van der Waals surface area contributed by atoms with Gasteiger partial charge >= 0.3 is 0 Å². The molecule has 0 aliphatic carbocycles. The Hall–Kier alpha value is -3.71. The minimum atomic E-state index is -0.0998. The highest BCUT2D eigenvalue weighted by molar-refractivity contribution is 8.19. The first kappa shape index (κ1) is 22.1. The lowest BCUT2D eigenvalue weighted by Gasteiger charge is -2.18. The van der Waals surface area contributed by atoms with Gasteiger partial charge in [0.2, 0.25) is 0 Å². The summed E-state index contributed by atoms with van der Waals surface area (Å²) in [6.45, 7) is 3.54. The minimum Gasteiger partial charge on any atom is -0.497 e. The van der Waals surface area contributed by atoms with Gasteiger partial charge in [0.25, 0.3) is 5.91 Å². The molecule has 2 heterocycles. The van der Waals surface area contributed by atoms with Crippen LogP contribution in [0.4, 0.5) is 5.69 Å². The van der Waals surface area contributed by atoms with Crippen LogP contribution in [-0.2, 0) is 11.3 Å². The second kappa shape index (κ2) is 9.65. The van der Waals surface area contributed by atoms with Crippen LogP contribution >= 0.6 is 11.8 Å². The first-order valence-electron chi connectivity index (χ1n) is 11.0. The molecule has 0 bridgehead atoms. The van der Waals surface area contributed by atoms with Crippen molar-refractivity contribution in [3.05, 3.63) is 88.3 Å². The highest BCUT2D eigenvalue weighted by Crippen LogP contribution is 2.38. The molecule has 172 valence electrons. The van der Waals surface area contributed by atoms with Gasteiger partial charge in [0.05, 0.1) is 24.2 Å². The molecular weight excluding hydrogens is 448 g/mol. The Balaban J connectivity index is 1.46. The molecule has 2 aliphatic rings. The van der Waals surface area contributed by atoms with Crippen LogP contribution in [0.2, 0.25) is 0 Å². The topological polar surface area (TPSA) is 60.4 Å². The number of methoxy groups -OCH3 is 1. The van der Waals surface area contributed by atoms with Crippen LogP contribution in [0.1, 0.15) is 16.7 Å². The largest absolute Gasteiger partial charge is 0.497 e. The monoisotopic (exact) mass is 472 g/mol. The molecular formula is C27H24N2O4S. The van der Waals surface area contributed by atoms with Crippen LogP contribution in [-0.4, -0.2) is 31.4 Å². The molecule has 0 saturated carbocycles. The zero-order chi connectivity index (χ0) is 23.5. The Morgan fingerprint density at radius 1 is 1.00 bits per heavy atom. The van der Waals surface area contributed by atoms with E-state index in [1.165, 1.54) is 11.8 Å². The zero-order valence-electron chi connectivity index (χ0n) is 19.0. The highest BCUT2D eigenvalue weighted by atomic mass is 32.2. The van der Waals surface area contributed by atoms with Gasteiger partial charge in [-0.05, 0) is 72.3 Å². The number of benzene rings is 3. The van der Waals surface area contributed by atoms with Crippen molar-refractivity contribution in [1.82, 2.24) is 0 Å². The zero-order valence-corrected chi connectivity index (χ0v) is 19.8. The van der Waals surface area contributed by atoms with Crippen molar-refractivity contribution in [3.8, 4) is 17.2 Å². The Labute approximate surface area is 202 Å². The van der Waals surface area contributed by atoms with Gasteiger partial charge < -0.3 is 14.2 Å². The number of ether oxygens (including phenoxy) is 3. The quantitative estimate of drug-likeness (QED) is 0.462. The van der Waals surface area contributed by atoms with E-state index in [9.17, 15) is 4.79 Å². The van der Waals surface area contributed by atoms with E-state index in [1.54, 1.807) is 12.0 Å². The number of rotatable bonds is 5. The van der Waals surface area contributed by atoms with Crippen molar-refractivity contribution in [3.63, 3.8) is 0 Å². The van der Waals surface area contributed by atoms with Crippen LogP contribution in [0.3, 0.4) is 0 Å². The maximum absolute atomic E-state index is 13.5. The van der Waals surface area contributed by atoms with Gasteiger partial charge in [-0.3, -0.25) is 14.7 Å². The van der Waals surface area contributed by atoms with E-state index in [1.807, 2.05) is 79.7 Å². The number of thioether (sulfide) groups is 1. The normalized spacial score (nSPS) is 17.5. The number of aryl methyl sites for hydroxylation is 1. The third-order valence-electron chi connectivity index (χ3n) is 5.52. The number of anilines is 1. The van der Waals surface area contributed by atoms with Crippen LogP contribution in [0, 0.1) is 6.92 Å². The van der Waals surface area contributed by atoms with Crippen molar-refractivity contribution < 1.29 is 19.0 Å². The first-order chi connectivity index (χ1) is 16.6. The lowest BCUT2D eigenvalue weighted by molar-refractivity contribution is -0.113. The molecule has 7 heteroatoms. The third kappa shape index (κ3) is 4.65. The van der Waals surface area contributed by atoms with Gasteiger partial charge in [-0.15, -0.1) is 0 Å². The summed E-state index contributed by atoms with van der Waals surface area (Å²) >= 11 is 1.38. The fourth-order valence-corrected chi connectivity index (χ4v) is 4.67. The number of carbonyl (C=O) groups is 1. The molecule has 0 radical (unpaired) electrons. The summed E-state index contributed by atoms with van der Waals surface area (Å²) in [5.74, 6) is 2.12. The predicted molar refractivity (Wildman–Crippen MR) is 136 cm³/mol. The summed E-state index contributed by atoms with van der Waals surface area (Å²) in [6.07, 6.45) is 1.88. The second-order valence-corrected chi connectivity index (χ2v) is 8.95. The van der Waals surface area contributed by atoms with E-state index >= 15 is 0 Å². The van der Waals surface area contributed by atoms with Crippen LogP contribution in [0.25, 0.3) is 6.08 Å². The fraction of sp³-hybridized carbons (Fsp3) is 0.185. The maximum atomic E-state index is 13.5. The third-order valence-corrected chi connectivity index (χ3v) is 6.53. The molecule has 3 aromatic rings. The van der Waals surface area contributed by atoms with Crippen molar-refractivity contribution in [2.45, 2.75) is 13.5 Å². The average Bonchev–Trinajstić information content (AvgIpc) is 3.18. The van der Waals surface area contributed by atoms with Gasteiger partial charge in [-0.25, -0.2) is 0 Å². The molecule has 1 amide bonds. The fourth-order valence-electron chi connectivity index (χ4n) is 3.69. The molecule has 2 aliphatic heterocycles. The number of aliphatic imine (C=N–C) groups is 1. The van der Waals surface area contributed by atoms with Crippen LogP contribution in [0.5, 0.6) is 17.2 Å². The van der Waals surface area contributed by atoms with Gasteiger partial charge in [-0.1, -0.05) is 35.9 Å². The van der Waals surface area contributed by atoms with E-state index in [-0.39, 0.29) is 5.91 Å². The Morgan fingerprint density at radius 3 is 2.47 bits per heavy atom. The van der Waals surface area contributed by atoms with Gasteiger partial charge in [0.1, 0.15) is 19.0 Å². The summed E-state index contributed by atoms with van der Waals surface area (Å²) < 4.78 is 16.5. The van der Waals surface area contributed by atoms with Crippen molar-refractivity contribution in [1.29, 1.82) is 0 Å². The van der Waals surface area contributed by atoms with Crippen molar-refractivity contribution in [2.24, 2.45) is 4.99 Å². The molecule has 1 fully saturated rings. The molecule has 34 heavy (non-hydrogen) atoms. The first-order valence-corrected chi connectivity index (χ1v) is 11.8. The molecule has 3 aromatic carbocycles. The molecule has 0 spiro atoms. The number of hydrogen-bond acceptors (Lipinski definition) is 6. The smallest absolute Gasteiger partial charge is 0.271 e. The second-order valence-electron chi connectivity index (χ2n) is 7.94. The van der Waals surface area contributed by atoms with Crippen LogP contribution < -0.4 is 19.1 Å². The molecule has 0 atom stereocenters. The summed E-state index contributed by atoms with van der Waals surface area (Å²) in [4.78, 5) is 20.6. The SMILES string of the molecule is COc1ccc(CN=C2S/C(=C\c3ccc4c(c3)OCCO4)C(=O)N2c2ccc(C)cc2)cc1. The number of amides is 1. The summed E-state index contributed by atoms with van der Waals surface area (Å²) in [7, 11) is 1.64. The van der Waals surface area contributed by atoms with E-state index in [0.717, 1.165) is 33.9 Å². The predicted octanol–water partition coefficient (Wildman–Crippen LogP) is 5.45. The van der Waals surface area contributed by atoms with Gasteiger partial charge in [-0.2, -0.15) is 0 Å². The van der Waals surface area contributed by atoms with Crippen LogP contribution in [0.15, 0.2) is 76.6 Å². The van der Waals surface area contributed by atoms with Gasteiger partial charge in [0.15, 0.2) is 16.7 Å². The lowest BCUT2D eigenvalue weighted by atomic mass is 10.1. The lowest BCUT2D eigenvalue weighted by Crippen LogP contribution is -2.28. The molecule has 0 N–H and O–H groups in total. The highest BCUT2D eigenvalue weighted by Gasteiger charge is 2.34. The molecule has 0 aromatic heterocycles. The van der Waals surface area contributed by atoms with Crippen molar-refractivity contribution in [2.75, 3.05) is 25.2 Å². The van der Waals surface area contributed by atoms with Crippen molar-refractivity contribution >= 4 is 34.6 Å². The maximum Gasteiger partial charge on any atom is 0.271 e. The van der Waals surface area contributed by atoms with E-state index in [0.29, 0.717) is 35.6 Å². The molecule has 0 unspecified atom stereocenters.